The molecule has 0 saturated heterocycles. The van der Waals surface area contributed by atoms with Gasteiger partial charge in [0, 0.05) is 17.2 Å². The number of rotatable bonds is 1. The molecule has 0 spiro atoms. The molecular weight excluding hydrogens is 276 g/mol. The number of benzene rings is 1. The van der Waals surface area contributed by atoms with Crippen LogP contribution >= 0.6 is 0 Å². The molecule has 21 heavy (non-hydrogen) atoms. The largest absolute Gasteiger partial charge is 0.507 e. The Morgan fingerprint density at radius 1 is 1.14 bits per heavy atom. The Hall–Kier alpha value is -2.76. The minimum absolute atomic E-state index is 0.0205. The third-order valence-electron chi connectivity index (χ3n) is 3.56. The first kappa shape index (κ1) is 13.2. The summed E-state index contributed by atoms with van der Waals surface area (Å²) in [6.45, 7) is 1.71. The fourth-order valence-corrected chi connectivity index (χ4v) is 2.52. The molecule has 6 heteroatoms. The number of hydrogen-bond acceptors (Lipinski definition) is 6. The average molecular weight is 288 g/mol. The number of ketones is 2. The van der Waals surface area contributed by atoms with E-state index in [-0.39, 0.29) is 46.1 Å². The molecule has 1 aromatic rings. The number of allylic oxidation sites excluding steroid dienone is 3. The smallest absolute Gasteiger partial charge is 0.232 e. The molecule has 6 nitrogen and oxygen atoms in total. The summed E-state index contributed by atoms with van der Waals surface area (Å²) in [4.78, 5) is 24.4. The Bertz CT molecular complexity index is 754. The number of phenols is 2. The van der Waals surface area contributed by atoms with Gasteiger partial charge in [-0.05, 0) is 13.0 Å². The lowest BCUT2D eigenvalue weighted by atomic mass is 9.86. The summed E-state index contributed by atoms with van der Waals surface area (Å²) in [5, 5.41) is 20.6. The fraction of sp³-hybridized carbons (Fsp3) is 0.200. The third kappa shape index (κ3) is 1.72. The van der Waals surface area contributed by atoms with Crippen molar-refractivity contribution in [3.05, 3.63) is 39.8 Å². The first-order valence-corrected chi connectivity index (χ1v) is 6.22. The monoisotopic (exact) mass is 288 g/mol. The molecule has 0 radical (unpaired) electrons. The summed E-state index contributed by atoms with van der Waals surface area (Å²) in [6.07, 6.45) is 2.51. The highest BCUT2D eigenvalue weighted by molar-refractivity contribution is 6.26. The number of carbonyl (C=O) groups is 2. The highest BCUT2D eigenvalue weighted by Gasteiger charge is 2.36. The van der Waals surface area contributed by atoms with Gasteiger partial charge in [0.1, 0.15) is 18.1 Å². The van der Waals surface area contributed by atoms with Crippen LogP contribution in [0.3, 0.4) is 0 Å². The lowest BCUT2D eigenvalue weighted by molar-refractivity contribution is 0.0911. The van der Waals surface area contributed by atoms with Crippen molar-refractivity contribution < 1.29 is 29.3 Å². The zero-order valence-electron chi connectivity index (χ0n) is 11.4. The average Bonchev–Trinajstić information content (AvgIpc) is 2.46. The van der Waals surface area contributed by atoms with Gasteiger partial charge in [-0.2, -0.15) is 0 Å². The van der Waals surface area contributed by atoms with Gasteiger partial charge in [0.05, 0.1) is 24.0 Å². The van der Waals surface area contributed by atoms with Crippen molar-refractivity contribution in [3.63, 3.8) is 0 Å². The van der Waals surface area contributed by atoms with E-state index in [4.69, 9.17) is 9.47 Å². The maximum atomic E-state index is 12.3. The Morgan fingerprint density at radius 3 is 2.52 bits per heavy atom. The number of hydrogen-bond donors (Lipinski definition) is 2. The van der Waals surface area contributed by atoms with E-state index in [0.29, 0.717) is 5.76 Å². The number of Topliss-reactive ketones (excluding diaryl/α,β-unsaturated/α-hetero) is 1. The van der Waals surface area contributed by atoms with E-state index in [1.54, 1.807) is 6.92 Å². The lowest BCUT2D eigenvalue weighted by Gasteiger charge is -2.23. The molecule has 1 aliphatic carbocycles. The van der Waals surface area contributed by atoms with Crippen molar-refractivity contribution in [2.24, 2.45) is 0 Å². The summed E-state index contributed by atoms with van der Waals surface area (Å²) in [7, 11) is 1.26. The van der Waals surface area contributed by atoms with Gasteiger partial charge >= 0.3 is 0 Å². The van der Waals surface area contributed by atoms with Crippen molar-refractivity contribution in [1.82, 2.24) is 0 Å². The normalized spacial score (nSPS) is 16.5. The second-order valence-corrected chi connectivity index (χ2v) is 4.79. The van der Waals surface area contributed by atoms with Crippen LogP contribution in [-0.4, -0.2) is 28.9 Å². The van der Waals surface area contributed by atoms with Crippen molar-refractivity contribution in [2.75, 3.05) is 7.11 Å². The lowest BCUT2D eigenvalue weighted by Crippen LogP contribution is -2.20. The van der Waals surface area contributed by atoms with Crippen LogP contribution in [0.4, 0.5) is 0 Å². The predicted octanol–water partition coefficient (Wildman–Crippen LogP) is 1.90. The zero-order valence-corrected chi connectivity index (χ0v) is 11.4. The molecule has 1 heterocycles. The molecule has 2 aliphatic rings. The molecule has 1 aromatic carbocycles. The summed E-state index contributed by atoms with van der Waals surface area (Å²) in [5.41, 5.74) is 0.121. The molecule has 0 aromatic heterocycles. The first-order valence-electron chi connectivity index (χ1n) is 6.22. The van der Waals surface area contributed by atoms with Gasteiger partial charge in [-0.1, -0.05) is 0 Å². The molecule has 1 aliphatic heterocycles. The molecule has 2 N–H and O–H groups in total. The van der Waals surface area contributed by atoms with Crippen LogP contribution in [0.5, 0.6) is 11.5 Å². The third-order valence-corrected chi connectivity index (χ3v) is 3.56. The van der Waals surface area contributed by atoms with Crippen LogP contribution in [0.25, 0.3) is 6.08 Å². The zero-order chi connectivity index (χ0) is 15.3. The summed E-state index contributed by atoms with van der Waals surface area (Å²) >= 11 is 0. The Morgan fingerprint density at radius 2 is 1.86 bits per heavy atom. The molecule has 0 unspecified atom stereocenters. The number of phenolic OH excluding ortho intramolecular Hbond substituents is 2. The van der Waals surface area contributed by atoms with Crippen molar-refractivity contribution in [1.29, 1.82) is 0 Å². The van der Waals surface area contributed by atoms with E-state index < -0.39 is 11.6 Å². The number of methoxy groups -OCH3 is 1. The first-order chi connectivity index (χ1) is 9.95. The summed E-state index contributed by atoms with van der Waals surface area (Å²) < 4.78 is 10.1. The van der Waals surface area contributed by atoms with E-state index in [2.05, 4.69) is 0 Å². The minimum Gasteiger partial charge on any atom is -0.507 e. The van der Waals surface area contributed by atoms with Crippen LogP contribution in [0.15, 0.2) is 17.6 Å². The molecule has 0 bridgehead atoms. The Kier molecular flexibility index (Phi) is 2.76. The van der Waals surface area contributed by atoms with Gasteiger partial charge in [-0.3, -0.25) is 9.59 Å². The Labute approximate surface area is 119 Å². The van der Waals surface area contributed by atoms with Gasteiger partial charge in [0.25, 0.3) is 0 Å². The summed E-state index contributed by atoms with van der Waals surface area (Å²) in [6, 6.07) is 0. The van der Waals surface area contributed by atoms with Crippen LogP contribution in [0, 0.1) is 0 Å². The molecule has 0 fully saturated rings. The fourth-order valence-electron chi connectivity index (χ4n) is 2.52. The number of ether oxygens (including phenoxy) is 2. The van der Waals surface area contributed by atoms with Gasteiger partial charge in [-0.15, -0.1) is 0 Å². The van der Waals surface area contributed by atoms with E-state index in [1.807, 2.05) is 0 Å². The van der Waals surface area contributed by atoms with Crippen LogP contribution in [0.2, 0.25) is 0 Å². The molecule has 0 atom stereocenters. The van der Waals surface area contributed by atoms with Crippen molar-refractivity contribution in [3.8, 4) is 11.5 Å². The standard InChI is InChI=1S/C15H12O6/c1-6-3-7-8(5-21-6)14(18)11-9(16)4-10(20-2)15(19)12(11)13(7)17/h3-4,17-18H,5H2,1-2H3. The van der Waals surface area contributed by atoms with Gasteiger partial charge in [0.15, 0.2) is 11.5 Å². The van der Waals surface area contributed by atoms with Crippen LogP contribution < -0.4 is 0 Å². The predicted molar refractivity (Wildman–Crippen MR) is 72.0 cm³/mol. The highest BCUT2D eigenvalue weighted by Crippen LogP contribution is 2.44. The number of aromatic hydroxyl groups is 2. The number of carbonyl (C=O) groups excluding carboxylic acids is 2. The Balaban J connectivity index is 2.37. The molecule has 0 saturated carbocycles. The van der Waals surface area contributed by atoms with Crippen LogP contribution in [-0.2, 0) is 16.1 Å². The second-order valence-electron chi connectivity index (χ2n) is 4.79. The molecular formula is C15H12O6. The number of fused-ring (bicyclic) bond motifs is 2. The molecule has 108 valence electrons. The second kappa shape index (κ2) is 4.37. The van der Waals surface area contributed by atoms with Crippen molar-refractivity contribution in [2.45, 2.75) is 13.5 Å². The summed E-state index contributed by atoms with van der Waals surface area (Å²) in [5.74, 6) is -1.56. The molecule has 3 rings (SSSR count). The van der Waals surface area contributed by atoms with Gasteiger partial charge < -0.3 is 19.7 Å². The molecule has 0 amide bonds. The van der Waals surface area contributed by atoms with E-state index in [0.717, 1.165) is 6.08 Å². The topological polar surface area (TPSA) is 93.1 Å². The maximum Gasteiger partial charge on any atom is 0.232 e. The van der Waals surface area contributed by atoms with E-state index >= 15 is 0 Å². The van der Waals surface area contributed by atoms with Crippen molar-refractivity contribution >= 4 is 17.6 Å². The van der Waals surface area contributed by atoms with E-state index in [9.17, 15) is 19.8 Å². The van der Waals surface area contributed by atoms with Gasteiger partial charge in [0.2, 0.25) is 5.78 Å². The van der Waals surface area contributed by atoms with Crippen LogP contribution in [0.1, 0.15) is 38.8 Å². The maximum absolute atomic E-state index is 12.3. The quantitative estimate of drug-likeness (QED) is 0.767. The van der Waals surface area contributed by atoms with E-state index in [1.165, 1.54) is 13.2 Å². The highest BCUT2D eigenvalue weighted by atomic mass is 16.5. The van der Waals surface area contributed by atoms with Gasteiger partial charge in [-0.25, -0.2) is 0 Å². The SMILES string of the molecule is COC1=CC(=O)c2c(O)c3c(c(O)c2C1=O)C=C(C)OC3. The minimum atomic E-state index is -0.639.